The highest BCUT2D eigenvalue weighted by Gasteiger charge is 2.58. The number of nitrogens with zero attached hydrogens (tertiary/aromatic N) is 1. The van der Waals surface area contributed by atoms with Gasteiger partial charge in [-0.3, -0.25) is 0 Å². The highest BCUT2D eigenvalue weighted by atomic mass is 32.2. The van der Waals surface area contributed by atoms with Gasteiger partial charge in [-0.15, -0.1) is 0 Å². The molecule has 1 unspecified atom stereocenters. The average molecular weight is 273 g/mol. The van der Waals surface area contributed by atoms with Crippen molar-refractivity contribution >= 4 is 17.7 Å². The number of rotatable bonds is 4. The van der Waals surface area contributed by atoms with E-state index in [-0.39, 0.29) is 13.0 Å². The quantitative estimate of drug-likeness (QED) is 0.790. The van der Waals surface area contributed by atoms with Gasteiger partial charge in [-0.1, -0.05) is 11.8 Å². The van der Waals surface area contributed by atoms with E-state index in [1.165, 1.54) is 6.20 Å². The molecule has 3 nitrogen and oxygen atoms in total. The Labute approximate surface area is 108 Å². The molecule has 0 aliphatic heterocycles. The second-order valence-electron chi connectivity index (χ2n) is 4.10. The van der Waals surface area contributed by atoms with E-state index in [4.69, 9.17) is 4.74 Å². The maximum Gasteiger partial charge on any atom is 0.341 e. The molecule has 98 valence electrons. The van der Waals surface area contributed by atoms with E-state index in [0.29, 0.717) is 16.2 Å². The predicted octanol–water partition coefficient (Wildman–Crippen LogP) is 3.07. The van der Waals surface area contributed by atoms with Gasteiger partial charge in [0.05, 0.1) is 17.4 Å². The molecule has 0 radical (unpaired) electrons. The van der Waals surface area contributed by atoms with Crippen molar-refractivity contribution in [1.29, 1.82) is 0 Å². The molecule has 0 aromatic carbocycles. The summed E-state index contributed by atoms with van der Waals surface area (Å²) in [4.78, 5) is 15.8. The third kappa shape index (κ3) is 2.63. The number of hydrogen-bond donors (Lipinski definition) is 0. The molecule has 1 atom stereocenters. The van der Waals surface area contributed by atoms with Crippen LogP contribution in [0.1, 0.15) is 29.3 Å². The van der Waals surface area contributed by atoms with E-state index in [1.54, 1.807) is 19.9 Å². The van der Waals surface area contributed by atoms with Crippen LogP contribution in [0.4, 0.5) is 8.78 Å². The van der Waals surface area contributed by atoms with Gasteiger partial charge in [-0.25, -0.2) is 18.6 Å². The third-order valence-electron chi connectivity index (χ3n) is 2.63. The summed E-state index contributed by atoms with van der Waals surface area (Å²) in [6, 6.07) is 1.67. The van der Waals surface area contributed by atoms with Crippen LogP contribution in [0.2, 0.25) is 0 Å². The fourth-order valence-corrected chi connectivity index (χ4v) is 2.76. The molecule has 1 saturated carbocycles. The molecule has 1 heterocycles. The maximum absolute atomic E-state index is 12.9. The number of pyridine rings is 1. The molecular formula is C12H13F2NO2S. The van der Waals surface area contributed by atoms with Crippen LogP contribution in [0, 0.1) is 6.92 Å². The monoisotopic (exact) mass is 273 g/mol. The third-order valence-corrected chi connectivity index (χ3v) is 3.96. The van der Waals surface area contributed by atoms with Crippen molar-refractivity contribution < 1.29 is 18.3 Å². The molecule has 1 aromatic heterocycles. The predicted molar refractivity (Wildman–Crippen MR) is 64.1 cm³/mol. The Bertz CT molecular complexity index is 479. The fraction of sp³-hybridized carbons (Fsp3) is 0.500. The van der Waals surface area contributed by atoms with Gasteiger partial charge in [0.2, 0.25) is 0 Å². The number of thioether (sulfide) groups is 1. The van der Waals surface area contributed by atoms with E-state index in [2.05, 4.69) is 4.98 Å². The number of ether oxygens (including phenoxy) is 1. The lowest BCUT2D eigenvalue weighted by atomic mass is 10.2. The van der Waals surface area contributed by atoms with Crippen LogP contribution in [0.25, 0.3) is 0 Å². The maximum atomic E-state index is 12.9. The highest BCUT2D eigenvalue weighted by molar-refractivity contribution is 8.00. The minimum Gasteiger partial charge on any atom is -0.462 e. The second-order valence-corrected chi connectivity index (χ2v) is 5.29. The van der Waals surface area contributed by atoms with Crippen LogP contribution < -0.4 is 0 Å². The molecule has 18 heavy (non-hydrogen) atoms. The Kier molecular flexibility index (Phi) is 3.56. The van der Waals surface area contributed by atoms with Gasteiger partial charge in [-0.2, -0.15) is 0 Å². The first kappa shape index (κ1) is 13.3. The zero-order valence-corrected chi connectivity index (χ0v) is 10.9. The van der Waals surface area contributed by atoms with E-state index in [1.807, 2.05) is 0 Å². The van der Waals surface area contributed by atoms with Crippen LogP contribution in [-0.2, 0) is 4.74 Å². The molecule has 2 rings (SSSR count). The standard InChI is InChI=1S/C12H13F2NO2S/c1-3-17-11(16)9-7(2)4-5-15-10(9)18-8-6-12(8,13)14/h4-5,8H,3,6H2,1-2H3. The van der Waals surface area contributed by atoms with Crippen molar-refractivity contribution in [3.05, 3.63) is 23.4 Å². The number of halogens is 2. The van der Waals surface area contributed by atoms with Crippen LogP contribution in [0.5, 0.6) is 0 Å². The number of aromatic nitrogens is 1. The van der Waals surface area contributed by atoms with E-state index in [0.717, 1.165) is 11.8 Å². The van der Waals surface area contributed by atoms with E-state index in [9.17, 15) is 13.6 Å². The number of alkyl halides is 2. The van der Waals surface area contributed by atoms with Gasteiger partial charge in [0.25, 0.3) is 5.92 Å². The summed E-state index contributed by atoms with van der Waals surface area (Å²) in [6.45, 7) is 3.69. The Morgan fingerprint density at radius 3 is 2.89 bits per heavy atom. The number of hydrogen-bond acceptors (Lipinski definition) is 4. The number of aryl methyl sites for hydroxylation is 1. The molecule has 6 heteroatoms. The lowest BCUT2D eigenvalue weighted by molar-refractivity contribution is 0.0520. The Hall–Kier alpha value is -1.17. The highest BCUT2D eigenvalue weighted by Crippen LogP contribution is 2.52. The summed E-state index contributed by atoms with van der Waals surface area (Å²) in [5.74, 6) is -3.14. The molecule has 1 aliphatic carbocycles. The van der Waals surface area contributed by atoms with Gasteiger partial charge >= 0.3 is 5.97 Å². The molecule has 1 fully saturated rings. The average Bonchev–Trinajstić information content (AvgIpc) is 2.86. The Morgan fingerprint density at radius 1 is 1.67 bits per heavy atom. The molecule has 0 N–H and O–H groups in total. The normalized spacial score (nSPS) is 20.6. The molecule has 0 amide bonds. The lowest BCUT2D eigenvalue weighted by Gasteiger charge is -2.09. The first-order valence-electron chi connectivity index (χ1n) is 5.63. The summed E-state index contributed by atoms with van der Waals surface area (Å²) in [6.07, 6.45) is 1.36. The largest absolute Gasteiger partial charge is 0.462 e. The molecule has 0 spiro atoms. The number of carbonyl (C=O) groups is 1. The van der Waals surface area contributed by atoms with Gasteiger partial charge in [0.15, 0.2) is 0 Å². The van der Waals surface area contributed by atoms with Crippen LogP contribution >= 0.6 is 11.8 Å². The molecular weight excluding hydrogens is 260 g/mol. The van der Waals surface area contributed by atoms with Gasteiger partial charge in [0.1, 0.15) is 5.03 Å². The van der Waals surface area contributed by atoms with E-state index >= 15 is 0 Å². The Morgan fingerprint density at radius 2 is 2.33 bits per heavy atom. The SMILES string of the molecule is CCOC(=O)c1c(C)ccnc1SC1CC1(F)F. The fourth-order valence-electron chi connectivity index (χ4n) is 1.53. The summed E-state index contributed by atoms with van der Waals surface area (Å²) in [5, 5.41) is -0.449. The second kappa shape index (κ2) is 4.84. The van der Waals surface area contributed by atoms with Crippen molar-refractivity contribution in [1.82, 2.24) is 4.98 Å². The lowest BCUT2D eigenvalue weighted by Crippen LogP contribution is -2.10. The Balaban J connectivity index is 2.24. The molecule has 0 saturated heterocycles. The van der Waals surface area contributed by atoms with Crippen molar-refractivity contribution in [2.24, 2.45) is 0 Å². The van der Waals surface area contributed by atoms with Gasteiger partial charge in [-0.05, 0) is 25.5 Å². The van der Waals surface area contributed by atoms with Crippen LogP contribution in [0.15, 0.2) is 17.3 Å². The first-order valence-corrected chi connectivity index (χ1v) is 6.51. The van der Waals surface area contributed by atoms with Crippen LogP contribution in [0.3, 0.4) is 0 Å². The smallest absolute Gasteiger partial charge is 0.341 e. The minimum atomic E-state index is -2.64. The minimum absolute atomic E-state index is 0.157. The van der Waals surface area contributed by atoms with Gasteiger partial charge in [0, 0.05) is 12.6 Å². The summed E-state index contributed by atoms with van der Waals surface area (Å²) in [7, 11) is 0. The van der Waals surface area contributed by atoms with Crippen molar-refractivity contribution in [2.45, 2.75) is 36.5 Å². The molecule has 1 aromatic rings. The van der Waals surface area contributed by atoms with Crippen molar-refractivity contribution in [3.8, 4) is 0 Å². The molecule has 0 bridgehead atoms. The topological polar surface area (TPSA) is 39.2 Å². The number of carbonyl (C=O) groups excluding carboxylic acids is 1. The van der Waals surface area contributed by atoms with Crippen LogP contribution in [-0.4, -0.2) is 28.7 Å². The number of esters is 1. The molecule has 1 aliphatic rings. The van der Waals surface area contributed by atoms with Gasteiger partial charge < -0.3 is 4.74 Å². The summed E-state index contributed by atoms with van der Waals surface area (Å²) < 4.78 is 30.7. The zero-order valence-electron chi connectivity index (χ0n) is 10.1. The van der Waals surface area contributed by atoms with Crippen molar-refractivity contribution in [3.63, 3.8) is 0 Å². The summed E-state index contributed by atoms with van der Waals surface area (Å²) in [5.41, 5.74) is 0.988. The first-order chi connectivity index (χ1) is 8.45. The van der Waals surface area contributed by atoms with Crippen molar-refractivity contribution in [2.75, 3.05) is 6.61 Å². The summed E-state index contributed by atoms with van der Waals surface area (Å²) >= 11 is 0.950. The zero-order chi connectivity index (χ0) is 13.3. The van der Waals surface area contributed by atoms with E-state index < -0.39 is 17.1 Å².